The lowest BCUT2D eigenvalue weighted by molar-refractivity contribution is -0.130. The lowest BCUT2D eigenvalue weighted by Crippen LogP contribution is -2.51. The minimum absolute atomic E-state index is 0.0505. The van der Waals surface area contributed by atoms with Crippen molar-refractivity contribution in [1.29, 1.82) is 0 Å². The number of para-hydroxylation sites is 1. The molecule has 1 aliphatic rings. The van der Waals surface area contributed by atoms with Gasteiger partial charge in [0.05, 0.1) is 18.3 Å². The summed E-state index contributed by atoms with van der Waals surface area (Å²) in [6.45, 7) is 4.77. The standard InChI is InChI=1S/C26H28FN3O/c1-20-11-13-22(14-12-20)26(21-7-3-2-4-8-21)28-19-25(31)30-17-15-29(16-18-30)24-10-6-5-9-23(24)27/h2-14,26,28H,15-19H2,1H3/t26-/m0/s1. The molecular weight excluding hydrogens is 389 g/mol. The Hall–Kier alpha value is -3.18. The van der Waals surface area contributed by atoms with Crippen molar-refractivity contribution >= 4 is 11.6 Å². The third kappa shape index (κ3) is 5.12. The minimum atomic E-state index is -0.215. The number of aryl methyl sites for hydroxylation is 1. The van der Waals surface area contributed by atoms with E-state index in [2.05, 4.69) is 48.6 Å². The van der Waals surface area contributed by atoms with Gasteiger partial charge in [-0.05, 0) is 30.2 Å². The summed E-state index contributed by atoms with van der Waals surface area (Å²) in [5, 5.41) is 3.46. The Balaban J connectivity index is 1.38. The molecule has 3 aromatic carbocycles. The topological polar surface area (TPSA) is 35.6 Å². The number of halogens is 1. The summed E-state index contributed by atoms with van der Waals surface area (Å²) in [4.78, 5) is 16.8. The summed E-state index contributed by atoms with van der Waals surface area (Å²) >= 11 is 0. The van der Waals surface area contributed by atoms with E-state index in [1.807, 2.05) is 34.1 Å². The van der Waals surface area contributed by atoms with E-state index in [4.69, 9.17) is 0 Å². The van der Waals surface area contributed by atoms with Crippen molar-refractivity contribution in [2.45, 2.75) is 13.0 Å². The van der Waals surface area contributed by atoms with E-state index >= 15 is 0 Å². The first kappa shape index (κ1) is 21.1. The van der Waals surface area contributed by atoms with Gasteiger partial charge in [-0.25, -0.2) is 4.39 Å². The third-order valence-corrected chi connectivity index (χ3v) is 5.83. The lowest BCUT2D eigenvalue weighted by Gasteiger charge is -2.36. The van der Waals surface area contributed by atoms with Crippen LogP contribution in [0.2, 0.25) is 0 Å². The average Bonchev–Trinajstić information content (AvgIpc) is 2.81. The molecule has 1 fully saturated rings. The van der Waals surface area contributed by atoms with Crippen LogP contribution in [-0.2, 0) is 4.79 Å². The van der Waals surface area contributed by atoms with Gasteiger partial charge in [-0.15, -0.1) is 0 Å². The molecule has 0 aromatic heterocycles. The zero-order chi connectivity index (χ0) is 21.6. The van der Waals surface area contributed by atoms with Gasteiger partial charge in [0.15, 0.2) is 0 Å². The van der Waals surface area contributed by atoms with Crippen LogP contribution in [0.15, 0.2) is 78.9 Å². The van der Waals surface area contributed by atoms with Gasteiger partial charge in [-0.3, -0.25) is 10.1 Å². The van der Waals surface area contributed by atoms with Gasteiger partial charge in [0.1, 0.15) is 5.82 Å². The van der Waals surface area contributed by atoms with Gasteiger partial charge in [0.2, 0.25) is 5.91 Å². The molecule has 1 amide bonds. The Morgan fingerprint density at radius 3 is 2.16 bits per heavy atom. The highest BCUT2D eigenvalue weighted by Crippen LogP contribution is 2.23. The first-order chi connectivity index (χ1) is 15.1. The molecule has 1 atom stereocenters. The fourth-order valence-corrected chi connectivity index (χ4v) is 4.04. The molecule has 1 aliphatic heterocycles. The molecule has 5 heteroatoms. The molecule has 4 rings (SSSR count). The van der Waals surface area contributed by atoms with Gasteiger partial charge < -0.3 is 9.80 Å². The smallest absolute Gasteiger partial charge is 0.236 e. The highest BCUT2D eigenvalue weighted by molar-refractivity contribution is 5.78. The van der Waals surface area contributed by atoms with Crippen LogP contribution in [0.4, 0.5) is 10.1 Å². The first-order valence-electron chi connectivity index (χ1n) is 10.7. The Morgan fingerprint density at radius 2 is 1.48 bits per heavy atom. The molecule has 0 saturated carbocycles. The summed E-state index contributed by atoms with van der Waals surface area (Å²) in [6.07, 6.45) is 0. The highest BCUT2D eigenvalue weighted by atomic mass is 19.1. The fourth-order valence-electron chi connectivity index (χ4n) is 4.04. The van der Waals surface area contributed by atoms with Crippen LogP contribution in [0, 0.1) is 12.7 Å². The summed E-state index contributed by atoms with van der Waals surface area (Å²) < 4.78 is 14.1. The molecule has 0 aliphatic carbocycles. The second kappa shape index (κ2) is 9.75. The van der Waals surface area contributed by atoms with Crippen molar-refractivity contribution in [2.75, 3.05) is 37.6 Å². The van der Waals surface area contributed by atoms with E-state index in [0.29, 0.717) is 31.9 Å². The molecule has 1 heterocycles. The van der Waals surface area contributed by atoms with Crippen molar-refractivity contribution in [3.8, 4) is 0 Å². The Morgan fingerprint density at radius 1 is 0.871 bits per heavy atom. The van der Waals surface area contributed by atoms with Gasteiger partial charge in [0.25, 0.3) is 0 Å². The van der Waals surface area contributed by atoms with Crippen molar-refractivity contribution in [1.82, 2.24) is 10.2 Å². The highest BCUT2D eigenvalue weighted by Gasteiger charge is 2.23. The van der Waals surface area contributed by atoms with E-state index in [1.54, 1.807) is 12.1 Å². The number of piperazine rings is 1. The van der Waals surface area contributed by atoms with Crippen LogP contribution >= 0.6 is 0 Å². The average molecular weight is 418 g/mol. The molecule has 4 nitrogen and oxygen atoms in total. The van der Waals surface area contributed by atoms with E-state index < -0.39 is 0 Å². The number of anilines is 1. The lowest BCUT2D eigenvalue weighted by atomic mass is 9.98. The molecule has 1 N–H and O–H groups in total. The molecule has 0 radical (unpaired) electrons. The van der Waals surface area contributed by atoms with Crippen molar-refractivity contribution in [2.24, 2.45) is 0 Å². The minimum Gasteiger partial charge on any atom is -0.366 e. The van der Waals surface area contributed by atoms with E-state index in [1.165, 1.54) is 11.6 Å². The summed E-state index contributed by atoms with van der Waals surface area (Å²) in [5.74, 6) is -0.144. The molecule has 0 spiro atoms. The SMILES string of the molecule is Cc1ccc([C@@H](NCC(=O)N2CCN(c3ccccc3F)CC2)c2ccccc2)cc1. The number of carbonyl (C=O) groups excluding carboxylic acids is 1. The Kier molecular flexibility index (Phi) is 6.63. The van der Waals surface area contributed by atoms with E-state index in [-0.39, 0.29) is 24.3 Å². The fraction of sp³-hybridized carbons (Fsp3) is 0.269. The van der Waals surface area contributed by atoms with Crippen LogP contribution in [-0.4, -0.2) is 43.5 Å². The van der Waals surface area contributed by atoms with Crippen molar-refractivity contribution < 1.29 is 9.18 Å². The second-order valence-corrected chi connectivity index (χ2v) is 7.95. The van der Waals surface area contributed by atoms with Crippen LogP contribution in [0.5, 0.6) is 0 Å². The Labute approximate surface area is 183 Å². The number of hydrogen-bond acceptors (Lipinski definition) is 3. The molecule has 3 aromatic rings. The molecule has 0 unspecified atom stereocenters. The summed E-state index contributed by atoms with van der Waals surface area (Å²) in [5.41, 5.74) is 4.08. The van der Waals surface area contributed by atoms with Crippen LogP contribution in [0.25, 0.3) is 0 Å². The van der Waals surface area contributed by atoms with E-state index in [0.717, 1.165) is 11.1 Å². The number of rotatable bonds is 6. The number of hydrogen-bond donors (Lipinski definition) is 1. The first-order valence-corrected chi connectivity index (χ1v) is 10.7. The zero-order valence-electron chi connectivity index (χ0n) is 17.8. The maximum Gasteiger partial charge on any atom is 0.236 e. The zero-order valence-corrected chi connectivity index (χ0v) is 17.8. The quantitative estimate of drug-likeness (QED) is 0.654. The van der Waals surface area contributed by atoms with E-state index in [9.17, 15) is 9.18 Å². The Bertz CT molecular complexity index is 999. The molecule has 1 saturated heterocycles. The van der Waals surface area contributed by atoms with Crippen LogP contribution in [0.1, 0.15) is 22.7 Å². The predicted octanol–water partition coefficient (Wildman–Crippen LogP) is 4.16. The normalized spacial score (nSPS) is 15.0. The summed E-state index contributed by atoms with van der Waals surface area (Å²) in [6, 6.07) is 25.3. The monoisotopic (exact) mass is 417 g/mol. The van der Waals surface area contributed by atoms with Crippen molar-refractivity contribution in [3.63, 3.8) is 0 Å². The number of nitrogens with zero attached hydrogens (tertiary/aromatic N) is 2. The molecule has 31 heavy (non-hydrogen) atoms. The maximum absolute atomic E-state index is 14.1. The van der Waals surface area contributed by atoms with Crippen molar-refractivity contribution in [3.05, 3.63) is 101 Å². The molecule has 160 valence electrons. The number of benzene rings is 3. The maximum atomic E-state index is 14.1. The second-order valence-electron chi connectivity index (χ2n) is 7.95. The van der Waals surface area contributed by atoms with Crippen LogP contribution < -0.4 is 10.2 Å². The van der Waals surface area contributed by atoms with Gasteiger partial charge in [-0.1, -0.05) is 72.3 Å². The largest absolute Gasteiger partial charge is 0.366 e. The molecular formula is C26H28FN3O. The number of amides is 1. The van der Waals surface area contributed by atoms with Gasteiger partial charge >= 0.3 is 0 Å². The molecule has 0 bridgehead atoms. The third-order valence-electron chi connectivity index (χ3n) is 5.83. The van der Waals surface area contributed by atoms with Crippen LogP contribution in [0.3, 0.4) is 0 Å². The predicted molar refractivity (Wildman–Crippen MR) is 123 cm³/mol. The van der Waals surface area contributed by atoms with Gasteiger partial charge in [0, 0.05) is 26.2 Å². The summed E-state index contributed by atoms with van der Waals surface area (Å²) in [7, 11) is 0. The number of carbonyl (C=O) groups is 1. The van der Waals surface area contributed by atoms with Gasteiger partial charge in [-0.2, -0.15) is 0 Å². The number of nitrogens with one attached hydrogen (secondary N) is 1.